The standard InChI is InChI=1S/C10H10FN3O/c1-6-4-7(11)2-3-8(6)10-12-9(5-15)13-14-10/h2-4,15H,5H2,1H3,(H,12,13,14). The summed E-state index contributed by atoms with van der Waals surface area (Å²) in [6.07, 6.45) is 0. The third kappa shape index (κ3) is 1.87. The summed E-state index contributed by atoms with van der Waals surface area (Å²) in [6.45, 7) is 1.60. The van der Waals surface area contributed by atoms with Crippen LogP contribution in [0.2, 0.25) is 0 Å². The van der Waals surface area contributed by atoms with E-state index in [4.69, 9.17) is 5.11 Å². The summed E-state index contributed by atoms with van der Waals surface area (Å²) in [4.78, 5) is 4.05. The third-order valence-electron chi connectivity index (χ3n) is 2.11. The first-order chi connectivity index (χ1) is 7.20. The number of nitrogens with zero attached hydrogens (tertiary/aromatic N) is 2. The van der Waals surface area contributed by atoms with Gasteiger partial charge in [-0.15, -0.1) is 0 Å². The van der Waals surface area contributed by atoms with Crippen molar-refractivity contribution in [3.63, 3.8) is 0 Å². The molecule has 2 N–H and O–H groups in total. The van der Waals surface area contributed by atoms with E-state index in [2.05, 4.69) is 15.2 Å². The van der Waals surface area contributed by atoms with Gasteiger partial charge in [0.25, 0.3) is 0 Å². The van der Waals surface area contributed by atoms with Gasteiger partial charge >= 0.3 is 0 Å². The van der Waals surface area contributed by atoms with Crippen LogP contribution in [0, 0.1) is 12.7 Å². The van der Waals surface area contributed by atoms with Crippen molar-refractivity contribution in [1.82, 2.24) is 15.2 Å². The number of rotatable bonds is 2. The van der Waals surface area contributed by atoms with Crippen LogP contribution in [0.1, 0.15) is 11.4 Å². The Labute approximate surface area is 85.8 Å². The monoisotopic (exact) mass is 207 g/mol. The number of aryl methyl sites for hydroxylation is 1. The predicted octanol–water partition coefficient (Wildman–Crippen LogP) is 1.41. The van der Waals surface area contributed by atoms with Gasteiger partial charge in [0.15, 0.2) is 11.6 Å². The Morgan fingerprint density at radius 1 is 1.47 bits per heavy atom. The number of H-pyrrole nitrogens is 1. The Balaban J connectivity index is 2.44. The van der Waals surface area contributed by atoms with E-state index in [0.29, 0.717) is 11.6 Å². The molecule has 5 heteroatoms. The van der Waals surface area contributed by atoms with Crippen LogP contribution in [0.15, 0.2) is 18.2 Å². The van der Waals surface area contributed by atoms with Crippen molar-refractivity contribution in [3.8, 4) is 11.4 Å². The second-order valence-corrected chi connectivity index (χ2v) is 3.22. The molecule has 2 rings (SSSR count). The van der Waals surface area contributed by atoms with Gasteiger partial charge in [0.1, 0.15) is 12.4 Å². The highest BCUT2D eigenvalue weighted by atomic mass is 19.1. The van der Waals surface area contributed by atoms with Gasteiger partial charge < -0.3 is 5.11 Å². The van der Waals surface area contributed by atoms with Gasteiger partial charge in [0.2, 0.25) is 0 Å². The van der Waals surface area contributed by atoms with Gasteiger partial charge in [0.05, 0.1) is 0 Å². The van der Waals surface area contributed by atoms with Gasteiger partial charge in [-0.25, -0.2) is 9.37 Å². The van der Waals surface area contributed by atoms with Gasteiger partial charge in [-0.3, -0.25) is 5.10 Å². The Kier molecular flexibility index (Phi) is 2.47. The van der Waals surface area contributed by atoms with Gasteiger partial charge in [-0.2, -0.15) is 5.10 Å². The topological polar surface area (TPSA) is 61.8 Å². The fourth-order valence-corrected chi connectivity index (χ4v) is 1.36. The Morgan fingerprint density at radius 2 is 2.27 bits per heavy atom. The lowest BCUT2D eigenvalue weighted by atomic mass is 10.1. The summed E-state index contributed by atoms with van der Waals surface area (Å²) < 4.78 is 12.8. The van der Waals surface area contributed by atoms with Crippen LogP contribution >= 0.6 is 0 Å². The van der Waals surface area contributed by atoms with E-state index in [9.17, 15) is 4.39 Å². The number of aromatic nitrogens is 3. The molecule has 0 saturated carbocycles. The number of nitrogens with one attached hydrogen (secondary N) is 1. The number of aliphatic hydroxyl groups is 1. The molecular formula is C10H10FN3O. The van der Waals surface area contributed by atoms with Crippen LogP contribution in [0.25, 0.3) is 11.4 Å². The van der Waals surface area contributed by atoms with Crippen LogP contribution in [0.5, 0.6) is 0 Å². The number of aliphatic hydroxyl groups excluding tert-OH is 1. The maximum atomic E-state index is 12.8. The van der Waals surface area contributed by atoms with Crippen LogP contribution in [-0.4, -0.2) is 20.3 Å². The zero-order chi connectivity index (χ0) is 10.8. The fourth-order valence-electron chi connectivity index (χ4n) is 1.36. The van der Waals surface area contributed by atoms with Crippen LogP contribution in [0.3, 0.4) is 0 Å². The fraction of sp³-hybridized carbons (Fsp3) is 0.200. The van der Waals surface area contributed by atoms with Crippen LogP contribution < -0.4 is 0 Å². The van der Waals surface area contributed by atoms with Gasteiger partial charge in [0, 0.05) is 5.56 Å². The third-order valence-corrected chi connectivity index (χ3v) is 2.11. The molecule has 78 valence electrons. The molecule has 0 saturated heterocycles. The first-order valence-electron chi connectivity index (χ1n) is 4.49. The van der Waals surface area contributed by atoms with E-state index in [0.717, 1.165) is 11.1 Å². The van der Waals surface area contributed by atoms with E-state index in [1.807, 2.05) is 0 Å². The number of benzene rings is 1. The van der Waals surface area contributed by atoms with E-state index < -0.39 is 0 Å². The normalized spacial score (nSPS) is 10.6. The van der Waals surface area contributed by atoms with Crippen molar-refractivity contribution in [1.29, 1.82) is 0 Å². The van der Waals surface area contributed by atoms with E-state index >= 15 is 0 Å². The van der Waals surface area contributed by atoms with Crippen molar-refractivity contribution in [2.75, 3.05) is 0 Å². The van der Waals surface area contributed by atoms with Crippen molar-refractivity contribution in [2.24, 2.45) is 0 Å². The largest absolute Gasteiger partial charge is 0.388 e. The number of halogens is 1. The minimum Gasteiger partial charge on any atom is -0.388 e. The molecule has 0 aliphatic heterocycles. The first kappa shape index (κ1) is 9.79. The lowest BCUT2D eigenvalue weighted by molar-refractivity contribution is 0.272. The number of aromatic amines is 1. The molecule has 0 amide bonds. The summed E-state index contributed by atoms with van der Waals surface area (Å²) in [7, 11) is 0. The Morgan fingerprint density at radius 3 is 2.87 bits per heavy atom. The molecule has 1 heterocycles. The minimum atomic E-state index is -0.283. The molecule has 1 aromatic heterocycles. The summed E-state index contributed by atoms with van der Waals surface area (Å²) in [5.41, 5.74) is 1.52. The highest BCUT2D eigenvalue weighted by molar-refractivity contribution is 5.59. The molecular weight excluding hydrogens is 197 g/mol. The van der Waals surface area contributed by atoms with E-state index in [1.54, 1.807) is 13.0 Å². The molecule has 0 aliphatic rings. The molecule has 4 nitrogen and oxygen atoms in total. The lowest BCUT2D eigenvalue weighted by Gasteiger charge is -2.00. The van der Waals surface area contributed by atoms with Crippen molar-refractivity contribution in [2.45, 2.75) is 13.5 Å². The van der Waals surface area contributed by atoms with E-state index in [1.165, 1.54) is 12.1 Å². The molecule has 0 fully saturated rings. The predicted molar refractivity (Wildman–Crippen MR) is 52.4 cm³/mol. The molecule has 0 bridgehead atoms. The smallest absolute Gasteiger partial charge is 0.181 e. The second kappa shape index (κ2) is 3.78. The number of hydrogen-bond acceptors (Lipinski definition) is 3. The van der Waals surface area contributed by atoms with Crippen molar-refractivity contribution < 1.29 is 9.50 Å². The van der Waals surface area contributed by atoms with Crippen molar-refractivity contribution >= 4 is 0 Å². The zero-order valence-corrected chi connectivity index (χ0v) is 8.16. The summed E-state index contributed by atoms with van der Waals surface area (Å²) in [5.74, 6) is 0.583. The van der Waals surface area contributed by atoms with Gasteiger partial charge in [-0.1, -0.05) is 0 Å². The second-order valence-electron chi connectivity index (χ2n) is 3.22. The first-order valence-corrected chi connectivity index (χ1v) is 4.49. The minimum absolute atomic E-state index is 0.187. The Hall–Kier alpha value is -1.75. The molecule has 0 spiro atoms. The van der Waals surface area contributed by atoms with Gasteiger partial charge in [-0.05, 0) is 30.7 Å². The molecule has 2 aromatic rings. The average molecular weight is 207 g/mol. The lowest BCUT2D eigenvalue weighted by Crippen LogP contribution is -1.88. The maximum absolute atomic E-state index is 12.8. The quantitative estimate of drug-likeness (QED) is 0.782. The summed E-state index contributed by atoms with van der Waals surface area (Å²) in [6, 6.07) is 4.40. The molecule has 15 heavy (non-hydrogen) atoms. The van der Waals surface area contributed by atoms with Crippen molar-refractivity contribution in [3.05, 3.63) is 35.4 Å². The zero-order valence-electron chi connectivity index (χ0n) is 8.16. The van der Waals surface area contributed by atoms with Crippen LogP contribution in [0.4, 0.5) is 4.39 Å². The molecule has 0 unspecified atom stereocenters. The average Bonchev–Trinajstić information content (AvgIpc) is 2.66. The summed E-state index contributed by atoms with van der Waals surface area (Å²) >= 11 is 0. The number of hydrogen-bond donors (Lipinski definition) is 2. The highest BCUT2D eigenvalue weighted by Crippen LogP contribution is 2.20. The molecule has 1 aromatic carbocycles. The SMILES string of the molecule is Cc1cc(F)ccc1-c1n[nH]c(CO)n1. The Bertz CT molecular complexity index is 481. The van der Waals surface area contributed by atoms with E-state index in [-0.39, 0.29) is 12.4 Å². The maximum Gasteiger partial charge on any atom is 0.181 e. The summed E-state index contributed by atoms with van der Waals surface area (Å²) in [5, 5.41) is 15.3. The molecule has 0 radical (unpaired) electrons. The highest BCUT2D eigenvalue weighted by Gasteiger charge is 2.08. The molecule has 0 atom stereocenters. The molecule has 0 aliphatic carbocycles. The van der Waals surface area contributed by atoms with Crippen LogP contribution in [-0.2, 0) is 6.61 Å².